The quantitative estimate of drug-likeness (QED) is 0.804. The van der Waals surface area contributed by atoms with Crippen LogP contribution in [0.3, 0.4) is 0 Å². The van der Waals surface area contributed by atoms with Crippen LogP contribution in [-0.2, 0) is 6.54 Å². The lowest BCUT2D eigenvalue weighted by Crippen LogP contribution is -2.01. The Hall–Kier alpha value is -0.990. The predicted octanol–water partition coefficient (Wildman–Crippen LogP) is 3.40. The molecule has 15 heavy (non-hydrogen) atoms. The molecule has 0 bridgehead atoms. The van der Waals surface area contributed by atoms with Crippen molar-refractivity contribution in [2.75, 3.05) is 0 Å². The van der Waals surface area contributed by atoms with Gasteiger partial charge in [0.05, 0.1) is 0 Å². The lowest BCUT2D eigenvalue weighted by Gasteiger charge is -2.06. The van der Waals surface area contributed by atoms with Crippen molar-refractivity contribution >= 4 is 22.5 Å². The van der Waals surface area contributed by atoms with Crippen LogP contribution in [0.4, 0.5) is 0 Å². The highest BCUT2D eigenvalue weighted by Gasteiger charge is 2.13. The monoisotopic (exact) mass is 222 g/mol. The average Bonchev–Trinajstić information content (AvgIpc) is 2.55. The molecule has 0 aliphatic carbocycles. The number of H-pyrrole nitrogens is 1. The smallest absolute Gasteiger partial charge is 0.0460 e. The second kappa shape index (κ2) is 3.87. The first-order valence-electron chi connectivity index (χ1n) is 5.13. The van der Waals surface area contributed by atoms with E-state index in [4.69, 9.17) is 17.3 Å². The van der Waals surface area contributed by atoms with Gasteiger partial charge in [-0.3, -0.25) is 0 Å². The summed E-state index contributed by atoms with van der Waals surface area (Å²) in [5, 5.41) is 1.96. The highest BCUT2D eigenvalue weighted by molar-refractivity contribution is 6.31. The van der Waals surface area contributed by atoms with Crippen LogP contribution in [0, 0.1) is 0 Å². The van der Waals surface area contributed by atoms with Gasteiger partial charge in [-0.1, -0.05) is 25.4 Å². The summed E-state index contributed by atoms with van der Waals surface area (Å²) in [4.78, 5) is 3.34. The Balaban J connectivity index is 2.76. The van der Waals surface area contributed by atoms with E-state index in [0.717, 1.165) is 16.2 Å². The van der Waals surface area contributed by atoms with Gasteiger partial charge in [-0.15, -0.1) is 0 Å². The Labute approximate surface area is 94.4 Å². The third-order valence-electron chi connectivity index (χ3n) is 2.66. The van der Waals surface area contributed by atoms with Crippen LogP contribution in [0.2, 0.25) is 5.02 Å². The molecule has 0 spiro atoms. The van der Waals surface area contributed by atoms with E-state index < -0.39 is 0 Å². The minimum absolute atomic E-state index is 0.454. The number of hydrogen-bond acceptors (Lipinski definition) is 1. The normalized spacial score (nSPS) is 11.5. The lowest BCUT2D eigenvalue weighted by atomic mass is 9.99. The molecule has 80 valence electrons. The van der Waals surface area contributed by atoms with Gasteiger partial charge in [0.1, 0.15) is 0 Å². The maximum atomic E-state index is 6.00. The van der Waals surface area contributed by atoms with Crippen LogP contribution in [0.5, 0.6) is 0 Å². The molecule has 1 aromatic carbocycles. The summed E-state index contributed by atoms with van der Waals surface area (Å²) in [6.07, 6.45) is 0. The van der Waals surface area contributed by atoms with Gasteiger partial charge in [0.2, 0.25) is 0 Å². The molecule has 2 aromatic rings. The summed E-state index contributed by atoms with van der Waals surface area (Å²) in [6.45, 7) is 4.88. The van der Waals surface area contributed by atoms with E-state index in [2.05, 4.69) is 18.8 Å². The van der Waals surface area contributed by atoms with Gasteiger partial charge in [-0.2, -0.15) is 0 Å². The molecule has 0 radical (unpaired) electrons. The molecule has 3 heteroatoms. The minimum atomic E-state index is 0.454. The zero-order valence-electron chi connectivity index (χ0n) is 8.97. The molecule has 0 saturated carbocycles. The Morgan fingerprint density at radius 1 is 1.40 bits per heavy atom. The average molecular weight is 223 g/mol. The number of rotatable bonds is 2. The van der Waals surface area contributed by atoms with Crippen molar-refractivity contribution in [2.45, 2.75) is 26.3 Å². The predicted molar refractivity (Wildman–Crippen MR) is 65.3 cm³/mol. The first kappa shape index (κ1) is 10.5. The Morgan fingerprint density at radius 3 is 2.73 bits per heavy atom. The van der Waals surface area contributed by atoms with Gasteiger partial charge in [0.15, 0.2) is 0 Å². The van der Waals surface area contributed by atoms with E-state index in [-0.39, 0.29) is 0 Å². The van der Waals surface area contributed by atoms with Crippen LogP contribution in [0.15, 0.2) is 18.2 Å². The maximum absolute atomic E-state index is 6.00. The number of aromatic amines is 1. The fraction of sp³-hybridized carbons (Fsp3) is 0.333. The van der Waals surface area contributed by atoms with Crippen molar-refractivity contribution in [3.05, 3.63) is 34.5 Å². The number of nitrogens with two attached hydrogens (primary N) is 1. The van der Waals surface area contributed by atoms with E-state index in [1.807, 2.05) is 18.2 Å². The maximum Gasteiger partial charge on any atom is 0.0460 e. The molecular weight excluding hydrogens is 208 g/mol. The first-order chi connectivity index (χ1) is 7.13. The number of nitrogens with one attached hydrogen (secondary N) is 1. The van der Waals surface area contributed by atoms with Crippen molar-refractivity contribution in [3.63, 3.8) is 0 Å². The summed E-state index contributed by atoms with van der Waals surface area (Å²) in [5.74, 6) is 0.454. The molecule has 0 saturated heterocycles. The number of hydrogen-bond donors (Lipinski definition) is 2. The molecule has 0 fully saturated rings. The van der Waals surface area contributed by atoms with Crippen molar-refractivity contribution in [1.29, 1.82) is 0 Å². The zero-order valence-corrected chi connectivity index (χ0v) is 9.73. The van der Waals surface area contributed by atoms with Gasteiger partial charge in [0, 0.05) is 28.2 Å². The summed E-state index contributed by atoms with van der Waals surface area (Å²) in [7, 11) is 0. The zero-order chi connectivity index (χ0) is 11.0. The summed E-state index contributed by atoms with van der Waals surface area (Å²) in [6, 6.07) is 5.90. The molecule has 0 amide bonds. The van der Waals surface area contributed by atoms with Gasteiger partial charge >= 0.3 is 0 Å². The molecule has 3 N–H and O–H groups in total. The molecule has 1 heterocycles. The molecule has 2 nitrogen and oxygen atoms in total. The van der Waals surface area contributed by atoms with Crippen LogP contribution in [-0.4, -0.2) is 4.98 Å². The van der Waals surface area contributed by atoms with Gasteiger partial charge in [0.25, 0.3) is 0 Å². The van der Waals surface area contributed by atoms with Gasteiger partial charge < -0.3 is 10.7 Å². The fourth-order valence-corrected chi connectivity index (χ4v) is 2.23. The number of aromatic nitrogens is 1. The second-order valence-electron chi connectivity index (χ2n) is 4.07. The van der Waals surface area contributed by atoms with Crippen molar-refractivity contribution in [1.82, 2.24) is 4.98 Å². The molecule has 2 rings (SSSR count). The van der Waals surface area contributed by atoms with E-state index in [9.17, 15) is 0 Å². The van der Waals surface area contributed by atoms with Crippen LogP contribution < -0.4 is 5.73 Å². The molecule has 0 aliphatic rings. The molecule has 1 aromatic heterocycles. The second-order valence-corrected chi connectivity index (χ2v) is 4.50. The van der Waals surface area contributed by atoms with Crippen molar-refractivity contribution in [3.8, 4) is 0 Å². The largest absolute Gasteiger partial charge is 0.357 e. The molecule has 0 aliphatic heterocycles. The highest BCUT2D eigenvalue weighted by atomic mass is 35.5. The fourth-order valence-electron chi connectivity index (χ4n) is 2.06. The van der Waals surface area contributed by atoms with Crippen LogP contribution in [0.25, 0.3) is 10.9 Å². The minimum Gasteiger partial charge on any atom is -0.357 e. The third-order valence-corrected chi connectivity index (χ3v) is 2.90. The molecule has 0 unspecified atom stereocenters. The van der Waals surface area contributed by atoms with E-state index in [0.29, 0.717) is 12.5 Å². The number of benzene rings is 1. The standard InChI is InChI=1S/C12H15ClN2/c1-7(2)12-9-5-8(13)3-4-10(9)15-11(12)6-14/h3-5,7,15H,6,14H2,1-2H3. The number of fused-ring (bicyclic) bond motifs is 1. The van der Waals surface area contributed by atoms with Gasteiger partial charge in [-0.05, 0) is 29.7 Å². The Bertz CT molecular complexity index is 486. The van der Waals surface area contributed by atoms with Gasteiger partial charge in [-0.25, -0.2) is 0 Å². The van der Waals surface area contributed by atoms with E-state index in [1.165, 1.54) is 10.9 Å². The summed E-state index contributed by atoms with van der Waals surface area (Å²) in [5.41, 5.74) is 9.24. The molecule has 0 atom stereocenters. The third kappa shape index (κ3) is 1.75. The van der Waals surface area contributed by atoms with Crippen LogP contribution in [0.1, 0.15) is 31.0 Å². The van der Waals surface area contributed by atoms with Crippen molar-refractivity contribution in [2.24, 2.45) is 5.73 Å². The summed E-state index contributed by atoms with van der Waals surface area (Å²) >= 11 is 6.00. The Kier molecular flexibility index (Phi) is 2.72. The topological polar surface area (TPSA) is 41.8 Å². The SMILES string of the molecule is CC(C)c1c(CN)[nH]c2ccc(Cl)cc12. The first-order valence-corrected chi connectivity index (χ1v) is 5.51. The Morgan fingerprint density at radius 2 is 2.13 bits per heavy atom. The lowest BCUT2D eigenvalue weighted by molar-refractivity contribution is 0.841. The number of halogens is 1. The van der Waals surface area contributed by atoms with E-state index in [1.54, 1.807) is 0 Å². The van der Waals surface area contributed by atoms with Crippen molar-refractivity contribution < 1.29 is 0 Å². The molecular formula is C12H15ClN2. The van der Waals surface area contributed by atoms with E-state index >= 15 is 0 Å². The highest BCUT2D eigenvalue weighted by Crippen LogP contribution is 2.30. The summed E-state index contributed by atoms with van der Waals surface area (Å²) < 4.78 is 0. The van der Waals surface area contributed by atoms with Crippen LogP contribution >= 0.6 is 11.6 Å².